The first kappa shape index (κ1) is 24.3. The number of para-hydroxylation sites is 1. The van der Waals surface area contributed by atoms with E-state index in [1.165, 1.54) is 16.1 Å². The lowest BCUT2D eigenvalue weighted by Crippen LogP contribution is -2.33. The van der Waals surface area contributed by atoms with Crippen LogP contribution in [0.4, 0.5) is 5.69 Å². The molecule has 3 rings (SSSR count). The maximum atomic E-state index is 13.0. The van der Waals surface area contributed by atoms with E-state index in [2.05, 4.69) is 0 Å². The van der Waals surface area contributed by atoms with Gasteiger partial charge in [0.15, 0.2) is 5.16 Å². The molecule has 0 aliphatic heterocycles. The molecular formula is C23H30N4O3S2. The maximum Gasteiger partial charge on any atom is 0.243 e. The van der Waals surface area contributed by atoms with Crippen LogP contribution in [0.5, 0.6) is 0 Å². The SMILES string of the molecule is CCN(CC)S(=O)(=O)c1ccc2c(c1)nc(SC(C)C(=O)N(C)c1ccccc1)n2CC. The molecule has 0 spiro atoms. The van der Waals surface area contributed by atoms with Gasteiger partial charge in [0.25, 0.3) is 0 Å². The maximum absolute atomic E-state index is 13.0. The number of carbonyl (C=O) groups is 1. The van der Waals surface area contributed by atoms with Crippen molar-refractivity contribution in [3.05, 3.63) is 48.5 Å². The molecule has 1 unspecified atom stereocenters. The summed E-state index contributed by atoms with van der Waals surface area (Å²) in [5.74, 6) is -0.0271. The Labute approximate surface area is 194 Å². The number of fused-ring (bicyclic) bond motifs is 1. The molecule has 2 aromatic carbocycles. The molecule has 9 heteroatoms. The van der Waals surface area contributed by atoms with Gasteiger partial charge in [-0.25, -0.2) is 13.4 Å². The van der Waals surface area contributed by atoms with Crippen LogP contribution in [0, 0.1) is 0 Å². The summed E-state index contributed by atoms with van der Waals surface area (Å²) in [6.07, 6.45) is 0. The van der Waals surface area contributed by atoms with Crippen molar-refractivity contribution in [1.82, 2.24) is 13.9 Å². The third-order valence-corrected chi connectivity index (χ3v) is 8.57. The Morgan fingerprint density at radius 2 is 1.75 bits per heavy atom. The third-order valence-electron chi connectivity index (χ3n) is 5.45. The molecule has 1 heterocycles. The van der Waals surface area contributed by atoms with Crippen molar-refractivity contribution in [2.45, 2.75) is 49.5 Å². The Kier molecular flexibility index (Phi) is 7.63. The Morgan fingerprint density at radius 3 is 2.34 bits per heavy atom. The summed E-state index contributed by atoms with van der Waals surface area (Å²) in [5.41, 5.74) is 2.29. The smallest absolute Gasteiger partial charge is 0.243 e. The fourth-order valence-corrected chi connectivity index (χ4v) is 6.18. The summed E-state index contributed by atoms with van der Waals surface area (Å²) in [7, 11) is -1.80. The summed E-state index contributed by atoms with van der Waals surface area (Å²) in [4.78, 5) is 19.5. The van der Waals surface area contributed by atoms with Crippen LogP contribution in [0.15, 0.2) is 58.6 Å². The van der Waals surface area contributed by atoms with E-state index in [4.69, 9.17) is 4.98 Å². The second-order valence-corrected chi connectivity index (χ2v) is 10.6. The third kappa shape index (κ3) is 4.69. The van der Waals surface area contributed by atoms with Gasteiger partial charge in [-0.15, -0.1) is 0 Å². The first-order valence-electron chi connectivity index (χ1n) is 10.7. The predicted octanol–water partition coefficient (Wildman–Crippen LogP) is 4.23. The molecule has 0 N–H and O–H groups in total. The number of nitrogens with zero attached hydrogens (tertiary/aromatic N) is 4. The standard InChI is InChI=1S/C23H30N4O3S2/c1-6-26(7-2)32(29,30)19-14-15-21-20(16-19)24-23(27(21)8-3)31-17(4)22(28)25(5)18-12-10-9-11-13-18/h9-17H,6-8H2,1-5H3. The highest BCUT2D eigenvalue weighted by Crippen LogP contribution is 2.30. The fraction of sp³-hybridized carbons (Fsp3) is 0.391. The van der Waals surface area contributed by atoms with E-state index in [-0.39, 0.29) is 16.1 Å². The number of imidazole rings is 1. The number of amides is 1. The second kappa shape index (κ2) is 10.1. The Hall–Kier alpha value is -2.36. The monoisotopic (exact) mass is 474 g/mol. The van der Waals surface area contributed by atoms with E-state index in [0.717, 1.165) is 11.2 Å². The highest BCUT2D eigenvalue weighted by atomic mass is 32.2. The van der Waals surface area contributed by atoms with Gasteiger partial charge in [0, 0.05) is 32.4 Å². The average Bonchev–Trinajstić information content (AvgIpc) is 3.15. The largest absolute Gasteiger partial charge is 0.319 e. The number of carbonyl (C=O) groups excluding carboxylic acids is 1. The van der Waals surface area contributed by atoms with Gasteiger partial charge in [0.1, 0.15) is 0 Å². The molecule has 1 aromatic heterocycles. The molecule has 0 aliphatic carbocycles. The number of hydrogen-bond donors (Lipinski definition) is 0. The molecule has 1 atom stereocenters. The van der Waals surface area contributed by atoms with E-state index < -0.39 is 10.0 Å². The van der Waals surface area contributed by atoms with Gasteiger partial charge in [-0.1, -0.05) is 43.8 Å². The summed E-state index contributed by atoms with van der Waals surface area (Å²) >= 11 is 1.38. The van der Waals surface area contributed by atoms with Crippen molar-refractivity contribution in [3.63, 3.8) is 0 Å². The van der Waals surface area contributed by atoms with Crippen LogP contribution in [-0.4, -0.2) is 53.6 Å². The van der Waals surface area contributed by atoms with Crippen molar-refractivity contribution in [2.24, 2.45) is 0 Å². The molecule has 0 radical (unpaired) electrons. The van der Waals surface area contributed by atoms with Crippen molar-refractivity contribution >= 4 is 44.4 Å². The lowest BCUT2D eigenvalue weighted by atomic mass is 10.3. The zero-order chi connectivity index (χ0) is 23.5. The Morgan fingerprint density at radius 1 is 1.09 bits per heavy atom. The van der Waals surface area contributed by atoms with Gasteiger partial charge in [-0.3, -0.25) is 4.79 Å². The van der Waals surface area contributed by atoms with E-state index in [1.54, 1.807) is 30.1 Å². The second-order valence-electron chi connectivity index (χ2n) is 7.37. The minimum atomic E-state index is -3.56. The zero-order valence-corrected chi connectivity index (χ0v) is 20.8. The first-order chi connectivity index (χ1) is 15.2. The van der Waals surface area contributed by atoms with Gasteiger partial charge in [0.05, 0.1) is 21.2 Å². The lowest BCUT2D eigenvalue weighted by Gasteiger charge is -2.21. The van der Waals surface area contributed by atoms with Crippen molar-refractivity contribution < 1.29 is 13.2 Å². The molecule has 0 saturated carbocycles. The van der Waals surface area contributed by atoms with Gasteiger partial charge >= 0.3 is 0 Å². The number of anilines is 1. The van der Waals surface area contributed by atoms with E-state index in [0.29, 0.717) is 30.3 Å². The lowest BCUT2D eigenvalue weighted by molar-refractivity contribution is -0.117. The summed E-state index contributed by atoms with van der Waals surface area (Å²) in [5, 5.41) is 0.336. The van der Waals surface area contributed by atoms with Crippen LogP contribution >= 0.6 is 11.8 Å². The van der Waals surface area contributed by atoms with E-state index in [1.807, 2.05) is 62.6 Å². The van der Waals surface area contributed by atoms with Gasteiger partial charge in [-0.05, 0) is 44.2 Å². The topological polar surface area (TPSA) is 75.5 Å². The normalized spacial score (nSPS) is 12.9. The number of sulfonamides is 1. The minimum Gasteiger partial charge on any atom is -0.319 e. The quantitative estimate of drug-likeness (QED) is 0.434. The van der Waals surface area contributed by atoms with Gasteiger partial charge in [0.2, 0.25) is 15.9 Å². The summed E-state index contributed by atoms with van der Waals surface area (Å²) in [6, 6.07) is 14.6. The predicted molar refractivity (Wildman–Crippen MR) is 131 cm³/mol. The highest BCUT2D eigenvalue weighted by molar-refractivity contribution is 8.00. The Balaban J connectivity index is 1.91. The first-order valence-corrected chi connectivity index (χ1v) is 13.1. The number of thioether (sulfide) groups is 1. The van der Waals surface area contributed by atoms with Crippen LogP contribution in [0.3, 0.4) is 0 Å². The van der Waals surface area contributed by atoms with Crippen LogP contribution in [-0.2, 0) is 21.4 Å². The van der Waals surface area contributed by atoms with Crippen molar-refractivity contribution in [2.75, 3.05) is 25.0 Å². The number of aryl methyl sites for hydroxylation is 1. The van der Waals surface area contributed by atoms with Crippen LogP contribution in [0.1, 0.15) is 27.7 Å². The molecule has 7 nitrogen and oxygen atoms in total. The van der Waals surface area contributed by atoms with Gasteiger partial charge in [-0.2, -0.15) is 4.31 Å². The molecule has 32 heavy (non-hydrogen) atoms. The van der Waals surface area contributed by atoms with E-state index in [9.17, 15) is 13.2 Å². The van der Waals surface area contributed by atoms with E-state index >= 15 is 0 Å². The molecule has 0 fully saturated rings. The average molecular weight is 475 g/mol. The van der Waals surface area contributed by atoms with Crippen molar-refractivity contribution in [1.29, 1.82) is 0 Å². The molecule has 3 aromatic rings. The number of benzene rings is 2. The summed E-state index contributed by atoms with van der Waals surface area (Å²) in [6.45, 7) is 9.01. The number of rotatable bonds is 9. The minimum absolute atomic E-state index is 0.0271. The fourth-order valence-electron chi connectivity index (χ4n) is 3.62. The van der Waals surface area contributed by atoms with Crippen LogP contribution in [0.2, 0.25) is 0 Å². The highest BCUT2D eigenvalue weighted by Gasteiger charge is 2.25. The van der Waals surface area contributed by atoms with Gasteiger partial charge < -0.3 is 9.47 Å². The Bertz CT molecular complexity index is 1190. The molecule has 172 valence electrons. The van der Waals surface area contributed by atoms with Crippen molar-refractivity contribution in [3.8, 4) is 0 Å². The van der Waals surface area contributed by atoms with Crippen LogP contribution < -0.4 is 4.90 Å². The summed E-state index contributed by atoms with van der Waals surface area (Å²) < 4.78 is 29.3. The molecular weight excluding hydrogens is 444 g/mol. The van der Waals surface area contributed by atoms with Crippen LogP contribution in [0.25, 0.3) is 11.0 Å². The molecule has 1 amide bonds. The number of aromatic nitrogens is 2. The molecule has 0 saturated heterocycles. The molecule has 0 aliphatic rings. The number of hydrogen-bond acceptors (Lipinski definition) is 5. The molecule has 0 bridgehead atoms. The zero-order valence-electron chi connectivity index (χ0n) is 19.1.